The van der Waals surface area contributed by atoms with Crippen molar-refractivity contribution in [1.82, 2.24) is 9.13 Å². The Morgan fingerprint density at radius 2 is 1.10 bits per heavy atom. The summed E-state index contributed by atoms with van der Waals surface area (Å²) in [4.78, 5) is 0. The van der Waals surface area contributed by atoms with Gasteiger partial charge in [-0.1, -0.05) is 36.4 Å². The third kappa shape index (κ3) is 1.23. The predicted molar refractivity (Wildman–Crippen MR) is 89.9 cm³/mol. The summed E-state index contributed by atoms with van der Waals surface area (Å²) in [6.45, 7) is 0. The van der Waals surface area contributed by atoms with Gasteiger partial charge in [0.05, 0.1) is 11.4 Å². The number of fused-ring (bicyclic) bond motifs is 7. The molecule has 4 aromatic rings. The van der Waals surface area contributed by atoms with Gasteiger partial charge >= 0.3 is 0 Å². The lowest BCUT2D eigenvalue weighted by Gasteiger charge is -2.06. The van der Waals surface area contributed by atoms with E-state index < -0.39 is 0 Å². The Morgan fingerprint density at radius 3 is 1.57 bits per heavy atom. The quantitative estimate of drug-likeness (QED) is 0.387. The summed E-state index contributed by atoms with van der Waals surface area (Å²) < 4.78 is 4.73. The van der Waals surface area contributed by atoms with Gasteiger partial charge in [0.1, 0.15) is 9.52 Å². The van der Waals surface area contributed by atoms with Gasteiger partial charge in [-0.2, -0.15) is 0 Å². The van der Waals surface area contributed by atoms with E-state index in [-0.39, 0.29) is 0 Å². The van der Waals surface area contributed by atoms with Crippen LogP contribution in [0.25, 0.3) is 33.2 Å². The van der Waals surface area contributed by atoms with Crippen molar-refractivity contribution in [3.05, 3.63) is 48.5 Å². The van der Waals surface area contributed by atoms with Crippen LogP contribution in [-0.4, -0.2) is 18.7 Å². The fraction of sp³-hybridized carbons (Fsp3) is 0.111. The first-order chi connectivity index (χ1) is 10.3. The second kappa shape index (κ2) is 3.68. The molecule has 3 heteroatoms. The van der Waals surface area contributed by atoms with Crippen LogP contribution in [-0.2, 0) is 14.1 Å². The van der Waals surface area contributed by atoms with Crippen molar-refractivity contribution in [3.8, 4) is 11.4 Å². The number of aromatic nitrogens is 2. The Bertz CT molecular complexity index is 952. The summed E-state index contributed by atoms with van der Waals surface area (Å²) in [6.07, 6.45) is 0. The van der Waals surface area contributed by atoms with E-state index in [9.17, 15) is 0 Å². The Labute approximate surface area is 125 Å². The molecule has 2 radical (unpaired) electrons. The van der Waals surface area contributed by atoms with Gasteiger partial charge in [-0.05, 0) is 33.3 Å². The average Bonchev–Trinajstić information content (AvgIpc) is 3.12. The maximum atomic E-state index is 2.36. The van der Waals surface area contributed by atoms with E-state index in [1.165, 1.54) is 43.6 Å². The summed E-state index contributed by atoms with van der Waals surface area (Å²) in [5.74, 6) is 0. The van der Waals surface area contributed by atoms with Gasteiger partial charge < -0.3 is 9.13 Å². The molecule has 0 fully saturated rings. The van der Waals surface area contributed by atoms with Crippen molar-refractivity contribution in [2.24, 2.45) is 14.1 Å². The topological polar surface area (TPSA) is 9.86 Å². The lowest BCUT2D eigenvalue weighted by molar-refractivity contribution is 0.930. The van der Waals surface area contributed by atoms with Crippen molar-refractivity contribution in [1.29, 1.82) is 0 Å². The van der Waals surface area contributed by atoms with Gasteiger partial charge in [0.15, 0.2) is 0 Å². The summed E-state index contributed by atoms with van der Waals surface area (Å²) in [7, 11) is 5.14. The van der Waals surface area contributed by atoms with Crippen LogP contribution in [0.3, 0.4) is 0 Å². The second-order valence-electron chi connectivity index (χ2n) is 5.72. The van der Waals surface area contributed by atoms with E-state index in [1.54, 1.807) is 0 Å². The van der Waals surface area contributed by atoms with Crippen LogP contribution in [0.15, 0.2) is 48.5 Å². The lowest BCUT2D eigenvalue weighted by Crippen LogP contribution is -2.20. The molecule has 0 spiro atoms. The van der Waals surface area contributed by atoms with Crippen LogP contribution < -0.4 is 10.4 Å². The normalized spacial score (nSPS) is 13.0. The zero-order valence-corrected chi connectivity index (χ0v) is 13.0. The number of benzene rings is 2. The maximum absolute atomic E-state index is 2.36. The molecule has 0 atom stereocenters. The summed E-state index contributed by atoms with van der Waals surface area (Å²) in [6, 6.07) is 17.5. The van der Waals surface area contributed by atoms with Crippen molar-refractivity contribution < 1.29 is 0 Å². The molecule has 0 aliphatic carbocycles. The van der Waals surface area contributed by atoms with Crippen molar-refractivity contribution >= 4 is 41.7 Å². The third-order valence-corrected chi connectivity index (χ3v) is 6.20. The molecule has 2 aromatic heterocycles. The van der Waals surface area contributed by atoms with Gasteiger partial charge in [0.2, 0.25) is 0 Å². The van der Waals surface area contributed by atoms with Crippen LogP contribution >= 0.6 is 0 Å². The molecule has 0 N–H and O–H groups in total. The fourth-order valence-electron chi connectivity index (χ4n) is 3.72. The highest BCUT2D eigenvalue weighted by Gasteiger charge is 2.30. The van der Waals surface area contributed by atoms with E-state index in [0.29, 0.717) is 0 Å². The first-order valence-electron chi connectivity index (χ1n) is 7.19. The molecular formula is C18H14N2Si. The van der Waals surface area contributed by atoms with E-state index in [0.717, 1.165) is 9.52 Å². The minimum absolute atomic E-state index is 0.758. The largest absolute Gasteiger partial charge is 0.343 e. The molecule has 1 aliphatic heterocycles. The number of nitrogens with zero attached hydrogens (tertiary/aromatic N) is 2. The standard InChI is InChI=1S/C18H14N2Si/c1-19-13-9-5-3-7-11(13)17-15(19)16-18(21-17)12-8-4-6-10-14(12)20(16)2/h3-10H,1-2H3. The highest BCUT2D eigenvalue weighted by atomic mass is 28.2. The molecule has 0 amide bonds. The smallest absolute Gasteiger partial charge is 0.129 e. The molecule has 0 saturated heterocycles. The molecule has 1 aliphatic rings. The van der Waals surface area contributed by atoms with Gasteiger partial charge in [-0.3, -0.25) is 0 Å². The first kappa shape index (κ1) is 11.4. The molecular weight excluding hydrogens is 272 g/mol. The minimum atomic E-state index is 0.758. The summed E-state index contributed by atoms with van der Waals surface area (Å²) in [5.41, 5.74) is 5.49. The Morgan fingerprint density at radius 1 is 0.667 bits per heavy atom. The van der Waals surface area contributed by atoms with Gasteiger partial charge in [0.25, 0.3) is 0 Å². The number of hydrogen-bond acceptors (Lipinski definition) is 0. The lowest BCUT2D eigenvalue weighted by atomic mass is 10.2. The third-order valence-electron chi connectivity index (χ3n) is 4.69. The average molecular weight is 286 g/mol. The number of rotatable bonds is 0. The Kier molecular flexibility index (Phi) is 2.00. The molecule has 100 valence electrons. The molecule has 0 saturated carbocycles. The van der Waals surface area contributed by atoms with E-state index >= 15 is 0 Å². The predicted octanol–water partition coefficient (Wildman–Crippen LogP) is 2.31. The van der Waals surface area contributed by atoms with Crippen molar-refractivity contribution in [3.63, 3.8) is 0 Å². The maximum Gasteiger partial charge on any atom is 0.129 e. The monoisotopic (exact) mass is 286 g/mol. The molecule has 3 heterocycles. The number of para-hydroxylation sites is 2. The number of hydrogen-bond donors (Lipinski definition) is 0. The van der Waals surface area contributed by atoms with Crippen LogP contribution in [0.5, 0.6) is 0 Å². The van der Waals surface area contributed by atoms with E-state index in [1.807, 2.05) is 0 Å². The molecule has 2 aromatic carbocycles. The second-order valence-corrected chi connectivity index (χ2v) is 6.97. The van der Waals surface area contributed by atoms with Crippen molar-refractivity contribution in [2.45, 2.75) is 0 Å². The van der Waals surface area contributed by atoms with Crippen LogP contribution in [0.1, 0.15) is 0 Å². The summed E-state index contributed by atoms with van der Waals surface area (Å²) >= 11 is 0. The first-order valence-corrected chi connectivity index (χ1v) is 8.19. The van der Waals surface area contributed by atoms with E-state index in [4.69, 9.17) is 0 Å². The zero-order chi connectivity index (χ0) is 14.1. The SMILES string of the molecule is Cn1c2c(c3ccccc31)[Si]c1c-2n(C)c2ccccc12. The Hall–Kier alpha value is -2.26. The fourth-order valence-corrected chi connectivity index (χ4v) is 5.47. The zero-order valence-electron chi connectivity index (χ0n) is 12.0. The van der Waals surface area contributed by atoms with Crippen LogP contribution in [0.4, 0.5) is 0 Å². The molecule has 5 rings (SSSR count). The highest BCUT2D eigenvalue weighted by molar-refractivity contribution is 6.78. The van der Waals surface area contributed by atoms with Crippen LogP contribution in [0.2, 0.25) is 0 Å². The van der Waals surface area contributed by atoms with Crippen LogP contribution in [0, 0.1) is 0 Å². The number of aryl methyl sites for hydroxylation is 2. The van der Waals surface area contributed by atoms with Gasteiger partial charge in [0, 0.05) is 25.1 Å². The molecule has 2 nitrogen and oxygen atoms in total. The van der Waals surface area contributed by atoms with Gasteiger partial charge in [-0.25, -0.2) is 0 Å². The van der Waals surface area contributed by atoms with Gasteiger partial charge in [-0.15, -0.1) is 0 Å². The molecule has 0 unspecified atom stereocenters. The highest BCUT2D eigenvalue weighted by Crippen LogP contribution is 2.31. The van der Waals surface area contributed by atoms with Crippen molar-refractivity contribution in [2.75, 3.05) is 0 Å². The molecule has 21 heavy (non-hydrogen) atoms. The Balaban J connectivity index is 1.98. The summed E-state index contributed by atoms with van der Waals surface area (Å²) in [5, 5.41) is 5.85. The molecule has 0 bridgehead atoms. The minimum Gasteiger partial charge on any atom is -0.343 e. The van der Waals surface area contributed by atoms with E-state index in [2.05, 4.69) is 71.8 Å².